The fourth-order valence-electron chi connectivity index (χ4n) is 1.21. The van der Waals surface area contributed by atoms with Crippen LogP contribution in [0.3, 0.4) is 0 Å². The highest BCUT2D eigenvalue weighted by atomic mass is 16.5. The molecular formula is C12H16O3. The van der Waals surface area contributed by atoms with Gasteiger partial charge >= 0.3 is 0 Å². The zero-order valence-corrected chi connectivity index (χ0v) is 9.23. The highest BCUT2D eigenvalue weighted by Crippen LogP contribution is 2.27. The molecule has 0 bridgehead atoms. The lowest BCUT2D eigenvalue weighted by atomic mass is 10.1. The second-order valence-electron chi connectivity index (χ2n) is 3.21. The SMILES string of the molecule is COc1ccc(/C=C/C(C)O)cc1OC. The normalized spacial score (nSPS) is 12.8. The molecule has 1 aromatic carbocycles. The lowest BCUT2D eigenvalue weighted by Crippen LogP contribution is -1.92. The van der Waals surface area contributed by atoms with Gasteiger partial charge in [0.2, 0.25) is 0 Å². The fraction of sp³-hybridized carbons (Fsp3) is 0.333. The largest absolute Gasteiger partial charge is 0.493 e. The molecule has 15 heavy (non-hydrogen) atoms. The van der Waals surface area contributed by atoms with E-state index < -0.39 is 6.10 Å². The maximum Gasteiger partial charge on any atom is 0.161 e. The number of aliphatic hydroxyl groups excluding tert-OH is 1. The van der Waals surface area contributed by atoms with Crippen molar-refractivity contribution in [2.24, 2.45) is 0 Å². The number of methoxy groups -OCH3 is 2. The first-order chi connectivity index (χ1) is 7.17. The quantitative estimate of drug-likeness (QED) is 0.823. The van der Waals surface area contributed by atoms with Crippen LogP contribution < -0.4 is 9.47 Å². The molecule has 0 spiro atoms. The topological polar surface area (TPSA) is 38.7 Å². The Morgan fingerprint density at radius 1 is 1.20 bits per heavy atom. The van der Waals surface area contributed by atoms with Crippen LogP contribution in [0.1, 0.15) is 12.5 Å². The summed E-state index contributed by atoms with van der Waals surface area (Å²) >= 11 is 0. The first-order valence-electron chi connectivity index (χ1n) is 4.75. The summed E-state index contributed by atoms with van der Waals surface area (Å²) in [4.78, 5) is 0. The lowest BCUT2D eigenvalue weighted by Gasteiger charge is -2.07. The van der Waals surface area contributed by atoms with Gasteiger partial charge in [0.15, 0.2) is 11.5 Å². The maximum absolute atomic E-state index is 9.10. The van der Waals surface area contributed by atoms with Gasteiger partial charge in [0, 0.05) is 0 Å². The molecule has 0 saturated heterocycles. The third kappa shape index (κ3) is 3.29. The Kier molecular flexibility index (Phi) is 4.18. The van der Waals surface area contributed by atoms with Crippen molar-refractivity contribution in [3.63, 3.8) is 0 Å². The molecule has 1 rings (SSSR count). The van der Waals surface area contributed by atoms with E-state index in [-0.39, 0.29) is 0 Å². The molecule has 0 saturated carbocycles. The second kappa shape index (κ2) is 5.41. The molecule has 0 aromatic heterocycles. The highest BCUT2D eigenvalue weighted by Gasteiger charge is 2.02. The van der Waals surface area contributed by atoms with Crippen LogP contribution in [0.2, 0.25) is 0 Å². The summed E-state index contributed by atoms with van der Waals surface area (Å²) < 4.78 is 10.3. The molecule has 0 fully saturated rings. The van der Waals surface area contributed by atoms with Gasteiger partial charge in [-0.05, 0) is 24.6 Å². The molecule has 3 nitrogen and oxygen atoms in total. The second-order valence-corrected chi connectivity index (χ2v) is 3.21. The number of hydrogen-bond acceptors (Lipinski definition) is 3. The van der Waals surface area contributed by atoms with Crippen LogP contribution in [-0.4, -0.2) is 25.4 Å². The van der Waals surface area contributed by atoms with Crippen molar-refractivity contribution in [2.45, 2.75) is 13.0 Å². The van der Waals surface area contributed by atoms with Crippen LogP contribution in [0.15, 0.2) is 24.3 Å². The van der Waals surface area contributed by atoms with E-state index in [4.69, 9.17) is 14.6 Å². The molecule has 1 unspecified atom stereocenters. The van der Waals surface area contributed by atoms with E-state index in [1.165, 1.54) is 0 Å². The number of aliphatic hydroxyl groups is 1. The standard InChI is InChI=1S/C12H16O3/c1-9(13)4-5-10-6-7-11(14-2)12(8-10)15-3/h4-9,13H,1-3H3/b5-4+. The van der Waals surface area contributed by atoms with Crippen LogP contribution in [0.4, 0.5) is 0 Å². The smallest absolute Gasteiger partial charge is 0.161 e. The van der Waals surface area contributed by atoms with Gasteiger partial charge in [-0.3, -0.25) is 0 Å². The predicted molar refractivity (Wildman–Crippen MR) is 60.3 cm³/mol. The van der Waals surface area contributed by atoms with Gasteiger partial charge in [-0.15, -0.1) is 0 Å². The Morgan fingerprint density at radius 3 is 2.40 bits per heavy atom. The summed E-state index contributed by atoms with van der Waals surface area (Å²) in [5.74, 6) is 1.39. The summed E-state index contributed by atoms with van der Waals surface area (Å²) in [5, 5.41) is 9.10. The molecule has 1 N–H and O–H groups in total. The van der Waals surface area contributed by atoms with Crippen LogP contribution in [0.25, 0.3) is 6.08 Å². The third-order valence-electron chi connectivity index (χ3n) is 1.97. The van der Waals surface area contributed by atoms with Gasteiger partial charge < -0.3 is 14.6 Å². The molecule has 1 aromatic rings. The summed E-state index contributed by atoms with van der Waals surface area (Å²) in [7, 11) is 3.20. The summed E-state index contributed by atoms with van der Waals surface area (Å²) in [6, 6.07) is 5.60. The number of hydrogen-bond donors (Lipinski definition) is 1. The summed E-state index contributed by atoms with van der Waals surface area (Å²) in [5.41, 5.74) is 0.966. The zero-order chi connectivity index (χ0) is 11.3. The maximum atomic E-state index is 9.10. The Hall–Kier alpha value is -1.48. The van der Waals surface area contributed by atoms with Crippen molar-refractivity contribution in [3.05, 3.63) is 29.8 Å². The molecule has 0 radical (unpaired) electrons. The minimum atomic E-state index is -0.446. The first-order valence-corrected chi connectivity index (χ1v) is 4.75. The van der Waals surface area contributed by atoms with E-state index in [2.05, 4.69) is 0 Å². The molecule has 0 aliphatic rings. The van der Waals surface area contributed by atoms with Crippen LogP contribution in [0.5, 0.6) is 11.5 Å². The van der Waals surface area contributed by atoms with Gasteiger partial charge in [-0.25, -0.2) is 0 Å². The highest BCUT2D eigenvalue weighted by molar-refractivity contribution is 5.56. The Bertz CT molecular complexity index is 343. The molecule has 0 aliphatic carbocycles. The number of ether oxygens (including phenoxy) is 2. The number of rotatable bonds is 4. The average molecular weight is 208 g/mol. The van der Waals surface area contributed by atoms with Crippen LogP contribution >= 0.6 is 0 Å². The molecule has 3 heteroatoms. The van der Waals surface area contributed by atoms with E-state index >= 15 is 0 Å². The number of benzene rings is 1. The summed E-state index contributed by atoms with van der Waals surface area (Å²) in [6.07, 6.45) is 3.10. The van der Waals surface area contributed by atoms with E-state index in [0.717, 1.165) is 5.56 Å². The van der Waals surface area contributed by atoms with E-state index in [0.29, 0.717) is 11.5 Å². The Balaban J connectivity index is 2.93. The van der Waals surface area contributed by atoms with Gasteiger partial charge in [0.1, 0.15) is 0 Å². The van der Waals surface area contributed by atoms with Gasteiger partial charge in [-0.1, -0.05) is 18.2 Å². The molecule has 82 valence electrons. The molecule has 0 aliphatic heterocycles. The lowest BCUT2D eigenvalue weighted by molar-refractivity contribution is 0.245. The van der Waals surface area contributed by atoms with Crippen molar-refractivity contribution >= 4 is 6.08 Å². The third-order valence-corrected chi connectivity index (χ3v) is 1.97. The van der Waals surface area contributed by atoms with Crippen molar-refractivity contribution in [1.82, 2.24) is 0 Å². The van der Waals surface area contributed by atoms with Gasteiger partial charge in [-0.2, -0.15) is 0 Å². The van der Waals surface area contributed by atoms with Crippen molar-refractivity contribution in [3.8, 4) is 11.5 Å². The fourth-order valence-corrected chi connectivity index (χ4v) is 1.21. The molecule has 0 heterocycles. The minimum Gasteiger partial charge on any atom is -0.493 e. The monoisotopic (exact) mass is 208 g/mol. The van der Waals surface area contributed by atoms with Crippen molar-refractivity contribution < 1.29 is 14.6 Å². The average Bonchev–Trinajstić information content (AvgIpc) is 2.25. The molecule has 0 amide bonds. The van der Waals surface area contributed by atoms with Crippen molar-refractivity contribution in [2.75, 3.05) is 14.2 Å². The van der Waals surface area contributed by atoms with E-state index in [1.54, 1.807) is 27.2 Å². The molecular weight excluding hydrogens is 192 g/mol. The van der Waals surface area contributed by atoms with E-state index in [1.807, 2.05) is 24.3 Å². The van der Waals surface area contributed by atoms with E-state index in [9.17, 15) is 0 Å². The molecule has 1 atom stereocenters. The summed E-state index contributed by atoms with van der Waals surface area (Å²) in [6.45, 7) is 1.71. The van der Waals surface area contributed by atoms with Gasteiger partial charge in [0.25, 0.3) is 0 Å². The zero-order valence-electron chi connectivity index (χ0n) is 9.23. The van der Waals surface area contributed by atoms with Crippen LogP contribution in [-0.2, 0) is 0 Å². The Labute approximate surface area is 90.0 Å². The predicted octanol–water partition coefficient (Wildman–Crippen LogP) is 2.10. The van der Waals surface area contributed by atoms with Gasteiger partial charge in [0.05, 0.1) is 20.3 Å². The van der Waals surface area contributed by atoms with Crippen molar-refractivity contribution in [1.29, 1.82) is 0 Å². The first kappa shape index (κ1) is 11.6. The van der Waals surface area contributed by atoms with Crippen LogP contribution in [0, 0.1) is 0 Å². The Morgan fingerprint density at radius 2 is 1.87 bits per heavy atom. The minimum absolute atomic E-state index is 0.446.